The SMILES string of the molecule is CN(C(=O)CSc1nnc(-c2ccccc2F)n1-c1ccccc1)c1nccs1. The lowest BCUT2D eigenvalue weighted by Gasteiger charge is -2.14. The maximum atomic E-state index is 14.4. The zero-order chi connectivity index (χ0) is 20.2. The standard InChI is InChI=1S/C20H16FN5OS2/c1-25(19-22-11-12-28-19)17(27)13-29-20-24-23-18(15-9-5-6-10-16(15)21)26(20)14-7-3-2-4-8-14/h2-12H,13H2,1H3. The molecule has 0 bridgehead atoms. The van der Waals surface area contributed by atoms with Crippen LogP contribution in [0.5, 0.6) is 0 Å². The molecule has 29 heavy (non-hydrogen) atoms. The van der Waals surface area contributed by atoms with E-state index in [-0.39, 0.29) is 17.5 Å². The largest absolute Gasteiger partial charge is 0.291 e. The van der Waals surface area contributed by atoms with Gasteiger partial charge in [0.25, 0.3) is 0 Å². The first-order valence-electron chi connectivity index (χ1n) is 8.69. The second-order valence-corrected chi connectivity index (χ2v) is 7.83. The highest BCUT2D eigenvalue weighted by Crippen LogP contribution is 2.29. The van der Waals surface area contributed by atoms with E-state index >= 15 is 0 Å². The van der Waals surface area contributed by atoms with Crippen molar-refractivity contribution in [3.8, 4) is 17.1 Å². The molecule has 0 aliphatic carbocycles. The molecule has 0 spiro atoms. The number of para-hydroxylation sites is 1. The molecular formula is C20H16FN5OS2. The molecule has 2 aromatic carbocycles. The molecule has 2 heterocycles. The van der Waals surface area contributed by atoms with Gasteiger partial charge in [0.1, 0.15) is 5.82 Å². The Morgan fingerprint density at radius 1 is 1.14 bits per heavy atom. The fourth-order valence-electron chi connectivity index (χ4n) is 2.70. The van der Waals surface area contributed by atoms with Gasteiger partial charge in [0.05, 0.1) is 11.3 Å². The molecule has 6 nitrogen and oxygen atoms in total. The third-order valence-corrected chi connectivity index (χ3v) is 5.93. The van der Waals surface area contributed by atoms with Crippen molar-refractivity contribution in [2.45, 2.75) is 5.16 Å². The maximum Gasteiger partial charge on any atom is 0.238 e. The van der Waals surface area contributed by atoms with E-state index in [0.29, 0.717) is 21.7 Å². The van der Waals surface area contributed by atoms with Gasteiger partial charge in [0.2, 0.25) is 5.91 Å². The number of thioether (sulfide) groups is 1. The molecule has 0 aliphatic heterocycles. The van der Waals surface area contributed by atoms with Crippen LogP contribution in [0.2, 0.25) is 0 Å². The Labute approximate surface area is 175 Å². The monoisotopic (exact) mass is 425 g/mol. The third-order valence-electron chi connectivity index (χ3n) is 4.17. The molecule has 0 saturated carbocycles. The normalized spacial score (nSPS) is 10.8. The Kier molecular flexibility index (Phi) is 5.68. The van der Waals surface area contributed by atoms with Crippen molar-refractivity contribution in [3.63, 3.8) is 0 Å². The number of hydrogen-bond acceptors (Lipinski definition) is 6. The average molecular weight is 426 g/mol. The number of hydrogen-bond donors (Lipinski definition) is 0. The molecule has 4 aromatic rings. The molecule has 0 atom stereocenters. The summed E-state index contributed by atoms with van der Waals surface area (Å²) < 4.78 is 16.2. The van der Waals surface area contributed by atoms with E-state index < -0.39 is 0 Å². The summed E-state index contributed by atoms with van der Waals surface area (Å²) in [5, 5.41) is 11.4. The number of amides is 1. The van der Waals surface area contributed by atoms with Crippen molar-refractivity contribution in [3.05, 3.63) is 72.0 Å². The minimum atomic E-state index is -0.381. The van der Waals surface area contributed by atoms with E-state index in [1.807, 2.05) is 35.7 Å². The van der Waals surface area contributed by atoms with Crippen molar-refractivity contribution in [1.82, 2.24) is 19.7 Å². The van der Waals surface area contributed by atoms with Crippen LogP contribution in [-0.4, -0.2) is 38.5 Å². The summed E-state index contributed by atoms with van der Waals surface area (Å²) >= 11 is 2.64. The van der Waals surface area contributed by atoms with Crippen molar-refractivity contribution in [1.29, 1.82) is 0 Å². The first kappa shape index (κ1) is 19.3. The van der Waals surface area contributed by atoms with Crippen LogP contribution >= 0.6 is 23.1 Å². The quantitative estimate of drug-likeness (QED) is 0.431. The molecule has 0 fully saturated rings. The van der Waals surface area contributed by atoms with Crippen LogP contribution in [0.25, 0.3) is 17.1 Å². The number of halogens is 1. The van der Waals surface area contributed by atoms with Crippen LogP contribution in [0, 0.1) is 5.82 Å². The molecule has 0 radical (unpaired) electrons. The number of aromatic nitrogens is 4. The van der Waals surface area contributed by atoms with Gasteiger partial charge in [-0.3, -0.25) is 14.3 Å². The first-order valence-corrected chi connectivity index (χ1v) is 10.6. The van der Waals surface area contributed by atoms with Gasteiger partial charge in [-0.2, -0.15) is 0 Å². The van der Waals surface area contributed by atoms with Crippen molar-refractivity contribution in [2.24, 2.45) is 0 Å². The van der Waals surface area contributed by atoms with Gasteiger partial charge in [-0.05, 0) is 24.3 Å². The fourth-order valence-corrected chi connectivity index (χ4v) is 4.19. The molecule has 0 unspecified atom stereocenters. The summed E-state index contributed by atoms with van der Waals surface area (Å²) in [6.45, 7) is 0. The van der Waals surface area contributed by atoms with Crippen LogP contribution in [-0.2, 0) is 4.79 Å². The lowest BCUT2D eigenvalue weighted by atomic mass is 10.2. The van der Waals surface area contributed by atoms with Crippen LogP contribution in [0.4, 0.5) is 9.52 Å². The lowest BCUT2D eigenvalue weighted by molar-refractivity contribution is -0.115. The summed E-state index contributed by atoms with van der Waals surface area (Å²) in [6.07, 6.45) is 1.66. The van der Waals surface area contributed by atoms with Gasteiger partial charge in [-0.1, -0.05) is 42.1 Å². The first-order chi connectivity index (χ1) is 14.1. The maximum absolute atomic E-state index is 14.4. The topological polar surface area (TPSA) is 63.9 Å². The Morgan fingerprint density at radius 3 is 2.62 bits per heavy atom. The summed E-state index contributed by atoms with van der Waals surface area (Å²) in [4.78, 5) is 18.2. The molecule has 0 aliphatic rings. The van der Waals surface area contributed by atoms with Gasteiger partial charge < -0.3 is 0 Å². The predicted octanol–water partition coefficient (Wildman–Crippen LogP) is 4.29. The predicted molar refractivity (Wildman–Crippen MR) is 113 cm³/mol. The van der Waals surface area contributed by atoms with Crippen molar-refractivity contribution in [2.75, 3.05) is 17.7 Å². The summed E-state index contributed by atoms with van der Waals surface area (Å²) in [7, 11) is 1.69. The molecule has 1 amide bonds. The molecule has 9 heteroatoms. The van der Waals surface area contributed by atoms with Gasteiger partial charge in [-0.15, -0.1) is 21.5 Å². The van der Waals surface area contributed by atoms with E-state index in [1.54, 1.807) is 36.0 Å². The highest BCUT2D eigenvalue weighted by atomic mass is 32.2. The minimum Gasteiger partial charge on any atom is -0.291 e. The number of thiazole rings is 1. The molecule has 0 saturated heterocycles. The van der Waals surface area contributed by atoms with Crippen LogP contribution in [0.15, 0.2) is 71.3 Å². The molecular weight excluding hydrogens is 409 g/mol. The molecule has 2 aromatic heterocycles. The smallest absolute Gasteiger partial charge is 0.238 e. The van der Waals surface area contributed by atoms with E-state index in [2.05, 4.69) is 15.2 Å². The number of carbonyl (C=O) groups is 1. The van der Waals surface area contributed by atoms with E-state index in [4.69, 9.17) is 0 Å². The second kappa shape index (κ2) is 8.54. The van der Waals surface area contributed by atoms with Crippen LogP contribution in [0.3, 0.4) is 0 Å². The van der Waals surface area contributed by atoms with Crippen molar-refractivity contribution >= 4 is 34.1 Å². The lowest BCUT2D eigenvalue weighted by Crippen LogP contribution is -2.27. The van der Waals surface area contributed by atoms with Gasteiger partial charge >= 0.3 is 0 Å². The number of benzene rings is 2. The van der Waals surface area contributed by atoms with Gasteiger partial charge in [0.15, 0.2) is 16.1 Å². The van der Waals surface area contributed by atoms with E-state index in [1.165, 1.54) is 34.1 Å². The highest BCUT2D eigenvalue weighted by molar-refractivity contribution is 7.99. The van der Waals surface area contributed by atoms with Crippen molar-refractivity contribution < 1.29 is 9.18 Å². The van der Waals surface area contributed by atoms with Crippen LogP contribution < -0.4 is 4.90 Å². The molecule has 0 N–H and O–H groups in total. The Morgan fingerprint density at radius 2 is 1.90 bits per heavy atom. The van der Waals surface area contributed by atoms with Crippen LogP contribution in [0.1, 0.15) is 0 Å². The Balaban J connectivity index is 1.65. The molecule has 146 valence electrons. The zero-order valence-electron chi connectivity index (χ0n) is 15.4. The fraction of sp³-hybridized carbons (Fsp3) is 0.100. The number of nitrogens with zero attached hydrogens (tertiary/aromatic N) is 5. The Hall–Kier alpha value is -3.04. The Bertz CT molecular complexity index is 1120. The number of rotatable bonds is 6. The summed E-state index contributed by atoms with van der Waals surface area (Å²) in [5.41, 5.74) is 1.14. The van der Waals surface area contributed by atoms with Gasteiger partial charge in [0, 0.05) is 24.3 Å². The van der Waals surface area contributed by atoms with E-state index in [0.717, 1.165) is 5.69 Å². The van der Waals surface area contributed by atoms with Gasteiger partial charge in [-0.25, -0.2) is 9.37 Å². The minimum absolute atomic E-state index is 0.111. The average Bonchev–Trinajstić information content (AvgIpc) is 3.42. The summed E-state index contributed by atoms with van der Waals surface area (Å²) in [5.74, 6) is 0.0453. The third kappa shape index (κ3) is 4.06. The summed E-state index contributed by atoms with van der Waals surface area (Å²) in [6, 6.07) is 15.9. The number of anilines is 1. The molecule has 4 rings (SSSR count). The second-order valence-electron chi connectivity index (χ2n) is 6.01. The highest BCUT2D eigenvalue weighted by Gasteiger charge is 2.20. The van der Waals surface area contributed by atoms with E-state index in [9.17, 15) is 9.18 Å². The zero-order valence-corrected chi connectivity index (χ0v) is 17.0. The number of carbonyl (C=O) groups excluding carboxylic acids is 1.